The van der Waals surface area contributed by atoms with Gasteiger partial charge in [0.25, 0.3) is 0 Å². The van der Waals surface area contributed by atoms with Crippen LogP contribution in [0.1, 0.15) is 58.8 Å². The van der Waals surface area contributed by atoms with Crippen LogP contribution in [0.2, 0.25) is 0 Å². The zero-order valence-corrected chi connectivity index (χ0v) is 12.5. The van der Waals surface area contributed by atoms with Gasteiger partial charge in [0.15, 0.2) is 0 Å². The van der Waals surface area contributed by atoms with E-state index in [0.29, 0.717) is 4.83 Å². The highest BCUT2D eigenvalue weighted by molar-refractivity contribution is 9.12. The third-order valence-electron chi connectivity index (χ3n) is 2.21. The Balaban J connectivity index is 3.61. The van der Waals surface area contributed by atoms with Crippen molar-refractivity contribution < 1.29 is 0 Å². The molecule has 0 heterocycles. The maximum absolute atomic E-state index is 3.68. The van der Waals surface area contributed by atoms with Crippen molar-refractivity contribution in [1.82, 2.24) is 0 Å². The molecule has 0 aliphatic rings. The average Bonchev–Trinajstić information content (AvgIpc) is 2.15. The van der Waals surface area contributed by atoms with E-state index in [-0.39, 0.29) is 0 Å². The lowest BCUT2D eigenvalue weighted by Crippen LogP contribution is -1.93. The maximum atomic E-state index is 3.68. The van der Waals surface area contributed by atoms with Gasteiger partial charge in [0.2, 0.25) is 0 Å². The summed E-state index contributed by atoms with van der Waals surface area (Å²) in [5.74, 6) is 0. The second kappa shape index (κ2) is 10.2. The molecule has 0 saturated carbocycles. The molecule has 0 aromatic carbocycles. The third kappa shape index (κ3) is 9.26. The second-order valence-electron chi connectivity index (χ2n) is 3.73. The first-order chi connectivity index (χ1) is 6.70. The van der Waals surface area contributed by atoms with Crippen molar-refractivity contribution in [3.63, 3.8) is 0 Å². The zero-order valence-electron chi connectivity index (χ0n) is 9.36. The molecule has 0 rings (SSSR count). The van der Waals surface area contributed by atoms with Crippen LogP contribution in [0.4, 0.5) is 0 Å². The highest BCUT2D eigenvalue weighted by Gasteiger charge is 2.00. The highest BCUT2D eigenvalue weighted by Crippen LogP contribution is 2.20. The largest absolute Gasteiger partial charge is 0.0845 e. The van der Waals surface area contributed by atoms with Gasteiger partial charge in [-0.2, -0.15) is 0 Å². The molecule has 0 nitrogen and oxygen atoms in total. The molecule has 0 aliphatic heterocycles. The maximum Gasteiger partial charge on any atom is 0.0336 e. The summed E-state index contributed by atoms with van der Waals surface area (Å²) in [6.07, 6.45) is 11.3. The van der Waals surface area contributed by atoms with Crippen molar-refractivity contribution in [2.45, 2.75) is 63.6 Å². The van der Waals surface area contributed by atoms with E-state index in [2.05, 4.69) is 51.8 Å². The van der Waals surface area contributed by atoms with Gasteiger partial charge >= 0.3 is 0 Å². The molecular weight excluding hydrogens is 304 g/mol. The lowest BCUT2D eigenvalue weighted by molar-refractivity contribution is 0.719. The zero-order chi connectivity index (χ0) is 10.8. The molecular formula is C12H22Br2. The van der Waals surface area contributed by atoms with Gasteiger partial charge in [-0.25, -0.2) is 0 Å². The molecule has 0 amide bonds. The van der Waals surface area contributed by atoms with Gasteiger partial charge in [-0.15, -0.1) is 0 Å². The topological polar surface area (TPSA) is 0 Å². The molecule has 14 heavy (non-hydrogen) atoms. The first kappa shape index (κ1) is 14.7. The number of unbranched alkanes of at least 4 members (excludes halogenated alkanes) is 3. The van der Waals surface area contributed by atoms with Gasteiger partial charge in [-0.1, -0.05) is 77.5 Å². The van der Waals surface area contributed by atoms with Crippen LogP contribution in [0.25, 0.3) is 0 Å². The van der Waals surface area contributed by atoms with Crippen LogP contribution in [-0.4, -0.2) is 4.83 Å². The van der Waals surface area contributed by atoms with Crippen LogP contribution in [0, 0.1) is 0 Å². The van der Waals surface area contributed by atoms with Gasteiger partial charge in [-0.05, 0) is 23.7 Å². The SMILES string of the molecule is CCCCCC(Br)=CC(Br)CCCC. The summed E-state index contributed by atoms with van der Waals surface area (Å²) in [4.78, 5) is 0.554. The quantitative estimate of drug-likeness (QED) is 0.391. The van der Waals surface area contributed by atoms with Gasteiger partial charge < -0.3 is 0 Å². The summed E-state index contributed by atoms with van der Waals surface area (Å²) < 4.78 is 1.36. The van der Waals surface area contributed by atoms with Crippen LogP contribution >= 0.6 is 31.9 Å². The molecule has 84 valence electrons. The van der Waals surface area contributed by atoms with Crippen LogP contribution < -0.4 is 0 Å². The first-order valence-corrected chi connectivity index (χ1v) is 7.41. The van der Waals surface area contributed by atoms with Gasteiger partial charge in [0.1, 0.15) is 0 Å². The van der Waals surface area contributed by atoms with Crippen LogP contribution in [0.3, 0.4) is 0 Å². The molecule has 0 fully saturated rings. The van der Waals surface area contributed by atoms with E-state index in [4.69, 9.17) is 0 Å². The predicted molar refractivity (Wildman–Crippen MR) is 73.4 cm³/mol. The number of rotatable bonds is 8. The van der Waals surface area contributed by atoms with Crippen molar-refractivity contribution in [3.05, 3.63) is 10.6 Å². The predicted octanol–water partition coefficient (Wildman–Crippen LogP) is 5.80. The fourth-order valence-electron chi connectivity index (χ4n) is 1.31. The number of alkyl halides is 1. The summed E-state index contributed by atoms with van der Waals surface area (Å²) in [6, 6.07) is 0. The van der Waals surface area contributed by atoms with Crippen molar-refractivity contribution in [3.8, 4) is 0 Å². The van der Waals surface area contributed by atoms with Gasteiger partial charge in [-0.3, -0.25) is 0 Å². The van der Waals surface area contributed by atoms with Gasteiger partial charge in [0.05, 0.1) is 0 Å². The summed E-state index contributed by atoms with van der Waals surface area (Å²) in [5, 5.41) is 0. The summed E-state index contributed by atoms with van der Waals surface area (Å²) in [5.41, 5.74) is 0. The van der Waals surface area contributed by atoms with E-state index in [1.54, 1.807) is 0 Å². The molecule has 0 aromatic rings. The van der Waals surface area contributed by atoms with E-state index < -0.39 is 0 Å². The van der Waals surface area contributed by atoms with Crippen molar-refractivity contribution in [2.24, 2.45) is 0 Å². The smallest absolute Gasteiger partial charge is 0.0336 e. The molecule has 0 saturated heterocycles. The second-order valence-corrected chi connectivity index (χ2v) is 5.92. The normalized spacial score (nSPS) is 14.4. The average molecular weight is 326 g/mol. The Labute approximate surface area is 106 Å². The molecule has 0 radical (unpaired) electrons. The number of halogens is 2. The first-order valence-electron chi connectivity index (χ1n) is 5.71. The molecule has 1 unspecified atom stereocenters. The molecule has 0 aromatic heterocycles. The highest BCUT2D eigenvalue weighted by atomic mass is 79.9. The minimum absolute atomic E-state index is 0.554. The monoisotopic (exact) mass is 324 g/mol. The molecule has 0 N–H and O–H groups in total. The Bertz CT molecular complexity index is 152. The van der Waals surface area contributed by atoms with Crippen molar-refractivity contribution >= 4 is 31.9 Å². The van der Waals surface area contributed by atoms with Crippen molar-refractivity contribution in [1.29, 1.82) is 0 Å². The Morgan fingerprint density at radius 2 is 1.79 bits per heavy atom. The van der Waals surface area contributed by atoms with Crippen LogP contribution in [-0.2, 0) is 0 Å². The van der Waals surface area contributed by atoms with E-state index in [1.807, 2.05) is 0 Å². The summed E-state index contributed by atoms with van der Waals surface area (Å²) >= 11 is 7.31. The molecule has 1 atom stereocenters. The lowest BCUT2D eigenvalue weighted by Gasteiger charge is -2.05. The fourth-order valence-corrected chi connectivity index (χ4v) is 2.90. The van der Waals surface area contributed by atoms with Crippen molar-refractivity contribution in [2.75, 3.05) is 0 Å². The van der Waals surface area contributed by atoms with Gasteiger partial charge in [0, 0.05) is 4.83 Å². The summed E-state index contributed by atoms with van der Waals surface area (Å²) in [6.45, 7) is 4.48. The minimum Gasteiger partial charge on any atom is -0.0845 e. The Hall–Kier alpha value is 0.700. The fraction of sp³-hybridized carbons (Fsp3) is 0.833. The Morgan fingerprint density at radius 1 is 1.14 bits per heavy atom. The van der Waals surface area contributed by atoms with Crippen LogP contribution in [0.5, 0.6) is 0 Å². The van der Waals surface area contributed by atoms with Crippen LogP contribution in [0.15, 0.2) is 10.6 Å². The van der Waals surface area contributed by atoms with E-state index >= 15 is 0 Å². The Kier molecular flexibility index (Phi) is 10.7. The minimum atomic E-state index is 0.554. The third-order valence-corrected chi connectivity index (χ3v) is 3.60. The Morgan fingerprint density at radius 3 is 2.36 bits per heavy atom. The number of hydrogen-bond donors (Lipinski definition) is 0. The molecule has 0 spiro atoms. The number of allylic oxidation sites excluding steroid dienone is 2. The summed E-state index contributed by atoms with van der Waals surface area (Å²) in [7, 11) is 0. The molecule has 2 heteroatoms. The van der Waals surface area contributed by atoms with E-state index in [0.717, 1.165) is 0 Å². The van der Waals surface area contributed by atoms with E-state index in [9.17, 15) is 0 Å². The standard InChI is InChI=1S/C12H22Br2/c1-3-5-7-9-12(14)10-11(13)8-6-4-2/h10-11H,3-9H2,1-2H3. The molecule has 0 aliphatic carbocycles. The van der Waals surface area contributed by atoms with E-state index in [1.165, 1.54) is 49.4 Å². The molecule has 0 bridgehead atoms. The lowest BCUT2D eigenvalue weighted by atomic mass is 10.1. The number of hydrogen-bond acceptors (Lipinski definition) is 0.